The number of amides is 1. The first-order valence-electron chi connectivity index (χ1n) is 4.77. The molecule has 14 heavy (non-hydrogen) atoms. The molecule has 0 aliphatic carbocycles. The van der Waals surface area contributed by atoms with Crippen LogP contribution in [0.3, 0.4) is 0 Å². The van der Waals surface area contributed by atoms with E-state index in [-0.39, 0.29) is 30.3 Å². The summed E-state index contributed by atoms with van der Waals surface area (Å²) in [7, 11) is 0. The molecule has 0 saturated carbocycles. The second-order valence-corrected chi connectivity index (χ2v) is 3.43. The Bertz CT molecular complexity index is 236. The molecule has 0 aromatic heterocycles. The first-order valence-corrected chi connectivity index (χ1v) is 4.77. The second-order valence-electron chi connectivity index (χ2n) is 3.43. The van der Waals surface area contributed by atoms with E-state index < -0.39 is 5.91 Å². The van der Waals surface area contributed by atoms with E-state index in [0.29, 0.717) is 12.8 Å². The number of hydrogen-bond acceptors (Lipinski definition) is 3. The third-order valence-electron chi connectivity index (χ3n) is 2.08. The molecular weight excluding hydrogens is 182 g/mol. The van der Waals surface area contributed by atoms with Crippen LogP contribution in [0.25, 0.3) is 0 Å². The first kappa shape index (κ1) is 12.8. The molecule has 1 atom stereocenters. The van der Waals surface area contributed by atoms with E-state index >= 15 is 0 Å². The average molecular weight is 199 g/mol. The van der Waals surface area contributed by atoms with Gasteiger partial charge in [0.1, 0.15) is 11.6 Å². The maximum Gasteiger partial charge on any atom is 0.217 e. The first-order chi connectivity index (χ1) is 6.47. The summed E-state index contributed by atoms with van der Waals surface area (Å²) >= 11 is 0. The van der Waals surface area contributed by atoms with Crippen LogP contribution in [0.15, 0.2) is 0 Å². The van der Waals surface area contributed by atoms with Crippen molar-refractivity contribution in [3.63, 3.8) is 0 Å². The molecule has 80 valence electrons. The highest BCUT2D eigenvalue weighted by molar-refractivity contribution is 5.87. The van der Waals surface area contributed by atoms with Gasteiger partial charge in [0.05, 0.1) is 0 Å². The van der Waals surface area contributed by atoms with Crippen molar-refractivity contribution in [1.82, 2.24) is 0 Å². The quantitative estimate of drug-likeness (QED) is 0.659. The lowest BCUT2D eigenvalue weighted by molar-refractivity contribution is -0.127. The standard InChI is InChI=1S/C10H17NO3/c1-3-9(13)8(6-7(2)12)4-5-10(11)14/h8H,3-6H2,1-2H3,(H2,11,14). The predicted octanol–water partition coefficient (Wildman–Crippen LogP) is 0.826. The SMILES string of the molecule is CCC(=O)C(CCC(N)=O)CC(C)=O. The van der Waals surface area contributed by atoms with E-state index in [4.69, 9.17) is 5.73 Å². The summed E-state index contributed by atoms with van der Waals surface area (Å²) in [5.74, 6) is -0.754. The molecule has 0 aromatic carbocycles. The van der Waals surface area contributed by atoms with Gasteiger partial charge in [0, 0.05) is 25.2 Å². The summed E-state index contributed by atoms with van der Waals surface area (Å²) in [6, 6.07) is 0. The molecule has 1 amide bonds. The summed E-state index contributed by atoms with van der Waals surface area (Å²) in [5, 5.41) is 0. The summed E-state index contributed by atoms with van der Waals surface area (Å²) in [6.07, 6.45) is 1.18. The predicted molar refractivity (Wildman–Crippen MR) is 52.5 cm³/mol. The van der Waals surface area contributed by atoms with E-state index in [1.807, 2.05) is 0 Å². The molecule has 1 unspecified atom stereocenters. The van der Waals surface area contributed by atoms with Gasteiger partial charge < -0.3 is 10.5 Å². The number of rotatable bonds is 7. The molecule has 0 aliphatic rings. The van der Waals surface area contributed by atoms with Crippen LogP contribution in [0.5, 0.6) is 0 Å². The topological polar surface area (TPSA) is 77.2 Å². The summed E-state index contributed by atoms with van der Waals surface area (Å²) in [4.78, 5) is 32.7. The van der Waals surface area contributed by atoms with Gasteiger partial charge in [-0.25, -0.2) is 0 Å². The normalized spacial score (nSPS) is 12.1. The lowest BCUT2D eigenvalue weighted by atomic mass is 9.91. The lowest BCUT2D eigenvalue weighted by Gasteiger charge is -2.11. The van der Waals surface area contributed by atoms with E-state index in [1.165, 1.54) is 6.92 Å². The van der Waals surface area contributed by atoms with Crippen LogP contribution in [-0.4, -0.2) is 17.5 Å². The van der Waals surface area contributed by atoms with Crippen LogP contribution in [0.2, 0.25) is 0 Å². The van der Waals surface area contributed by atoms with Gasteiger partial charge in [-0.05, 0) is 13.3 Å². The average Bonchev–Trinajstić information content (AvgIpc) is 2.10. The van der Waals surface area contributed by atoms with Crippen molar-refractivity contribution in [1.29, 1.82) is 0 Å². The molecule has 0 bridgehead atoms. The zero-order valence-electron chi connectivity index (χ0n) is 8.71. The van der Waals surface area contributed by atoms with Crippen molar-refractivity contribution in [2.45, 2.75) is 39.5 Å². The van der Waals surface area contributed by atoms with Crippen LogP contribution in [0.1, 0.15) is 39.5 Å². The Morgan fingerprint density at radius 2 is 1.86 bits per heavy atom. The van der Waals surface area contributed by atoms with Crippen LogP contribution < -0.4 is 5.73 Å². The fourth-order valence-electron chi connectivity index (χ4n) is 1.33. The van der Waals surface area contributed by atoms with E-state index in [1.54, 1.807) is 6.92 Å². The minimum absolute atomic E-state index is 0.0266. The molecule has 0 aliphatic heterocycles. The summed E-state index contributed by atoms with van der Waals surface area (Å²) in [5.41, 5.74) is 4.98. The zero-order chi connectivity index (χ0) is 11.1. The van der Waals surface area contributed by atoms with Gasteiger partial charge in [0.2, 0.25) is 5.91 Å². The van der Waals surface area contributed by atoms with Gasteiger partial charge in [-0.15, -0.1) is 0 Å². The number of hydrogen-bond donors (Lipinski definition) is 1. The van der Waals surface area contributed by atoms with Crippen LogP contribution in [0.4, 0.5) is 0 Å². The van der Waals surface area contributed by atoms with Crippen molar-refractivity contribution in [2.75, 3.05) is 0 Å². The van der Waals surface area contributed by atoms with Gasteiger partial charge in [-0.3, -0.25) is 9.59 Å². The molecule has 4 heteroatoms. The van der Waals surface area contributed by atoms with Crippen molar-refractivity contribution in [2.24, 2.45) is 11.7 Å². The highest BCUT2D eigenvalue weighted by atomic mass is 16.1. The Morgan fingerprint density at radius 1 is 1.29 bits per heavy atom. The molecule has 0 radical (unpaired) electrons. The molecule has 4 nitrogen and oxygen atoms in total. The molecule has 0 spiro atoms. The maximum atomic E-state index is 11.4. The molecule has 0 fully saturated rings. The van der Waals surface area contributed by atoms with Gasteiger partial charge in [-0.1, -0.05) is 6.92 Å². The smallest absolute Gasteiger partial charge is 0.217 e. The number of carbonyl (C=O) groups excluding carboxylic acids is 3. The molecule has 2 N–H and O–H groups in total. The number of Topliss-reactive ketones (excluding diaryl/α,β-unsaturated/α-hetero) is 2. The van der Waals surface area contributed by atoms with E-state index in [0.717, 1.165) is 0 Å². The van der Waals surface area contributed by atoms with Crippen LogP contribution >= 0.6 is 0 Å². The number of ketones is 2. The highest BCUT2D eigenvalue weighted by Gasteiger charge is 2.18. The Kier molecular flexibility index (Phi) is 5.76. The number of nitrogens with two attached hydrogens (primary N) is 1. The largest absolute Gasteiger partial charge is 0.370 e. The van der Waals surface area contributed by atoms with Crippen LogP contribution in [-0.2, 0) is 14.4 Å². The van der Waals surface area contributed by atoms with E-state index in [9.17, 15) is 14.4 Å². The third-order valence-corrected chi connectivity index (χ3v) is 2.08. The molecule has 0 saturated heterocycles. The fraction of sp³-hybridized carbons (Fsp3) is 0.700. The molecule has 0 rings (SSSR count). The van der Waals surface area contributed by atoms with Crippen molar-refractivity contribution in [3.8, 4) is 0 Å². The van der Waals surface area contributed by atoms with Gasteiger partial charge in [0.25, 0.3) is 0 Å². The third kappa shape index (κ3) is 5.45. The van der Waals surface area contributed by atoms with Gasteiger partial charge in [-0.2, -0.15) is 0 Å². The van der Waals surface area contributed by atoms with Gasteiger partial charge >= 0.3 is 0 Å². The minimum atomic E-state index is -0.428. The Labute approximate surface area is 83.8 Å². The van der Waals surface area contributed by atoms with Crippen molar-refractivity contribution in [3.05, 3.63) is 0 Å². The lowest BCUT2D eigenvalue weighted by Crippen LogP contribution is -2.20. The minimum Gasteiger partial charge on any atom is -0.370 e. The summed E-state index contributed by atoms with van der Waals surface area (Å²) in [6.45, 7) is 3.19. The molecule has 0 aromatic rings. The zero-order valence-corrected chi connectivity index (χ0v) is 8.71. The Morgan fingerprint density at radius 3 is 2.21 bits per heavy atom. The Balaban J connectivity index is 4.17. The van der Waals surface area contributed by atoms with E-state index in [2.05, 4.69) is 0 Å². The van der Waals surface area contributed by atoms with Crippen molar-refractivity contribution < 1.29 is 14.4 Å². The summed E-state index contributed by atoms with van der Waals surface area (Å²) < 4.78 is 0. The fourth-order valence-corrected chi connectivity index (χ4v) is 1.33. The van der Waals surface area contributed by atoms with Crippen LogP contribution in [0, 0.1) is 5.92 Å². The number of carbonyl (C=O) groups is 3. The molecule has 0 heterocycles. The maximum absolute atomic E-state index is 11.4. The Hall–Kier alpha value is -1.19. The van der Waals surface area contributed by atoms with Gasteiger partial charge in [0.15, 0.2) is 0 Å². The highest BCUT2D eigenvalue weighted by Crippen LogP contribution is 2.14. The molecular formula is C10H17NO3. The second kappa shape index (κ2) is 6.29. The van der Waals surface area contributed by atoms with Crippen molar-refractivity contribution >= 4 is 17.5 Å². The number of primary amides is 1. The monoisotopic (exact) mass is 199 g/mol.